The van der Waals surface area contributed by atoms with Crippen LogP contribution < -0.4 is 5.73 Å². The first-order valence-electron chi connectivity index (χ1n) is 11.5. The molecule has 3 aromatic rings. The van der Waals surface area contributed by atoms with Gasteiger partial charge in [0.15, 0.2) is 11.6 Å². The highest BCUT2D eigenvalue weighted by Gasteiger charge is 2.54. The summed E-state index contributed by atoms with van der Waals surface area (Å²) in [5, 5.41) is 4.35. The molecule has 168 valence electrons. The van der Waals surface area contributed by atoms with E-state index in [0.717, 1.165) is 30.5 Å². The number of carbonyl (C=O) groups excluding carboxylic acids is 1. The van der Waals surface area contributed by atoms with Crippen LogP contribution in [-0.4, -0.2) is 56.4 Å². The summed E-state index contributed by atoms with van der Waals surface area (Å²) in [7, 11) is 1.83. The maximum Gasteiger partial charge on any atom is 0.257 e. The summed E-state index contributed by atoms with van der Waals surface area (Å²) >= 11 is 0. The van der Waals surface area contributed by atoms with Gasteiger partial charge < -0.3 is 10.6 Å². The van der Waals surface area contributed by atoms with Crippen LogP contribution in [0.25, 0.3) is 17.1 Å². The first-order valence-corrected chi connectivity index (χ1v) is 11.5. The van der Waals surface area contributed by atoms with Crippen molar-refractivity contribution in [3.05, 3.63) is 53.0 Å². The molecule has 33 heavy (non-hydrogen) atoms. The molecule has 3 heterocycles. The van der Waals surface area contributed by atoms with Crippen molar-refractivity contribution in [3.63, 3.8) is 0 Å². The molecule has 8 heteroatoms. The molecule has 1 aliphatic heterocycles. The minimum absolute atomic E-state index is 0.0423. The molecule has 3 aliphatic rings. The van der Waals surface area contributed by atoms with Crippen molar-refractivity contribution >= 4 is 17.9 Å². The van der Waals surface area contributed by atoms with Crippen molar-refractivity contribution in [2.45, 2.75) is 44.6 Å². The van der Waals surface area contributed by atoms with Gasteiger partial charge in [0.1, 0.15) is 0 Å². The minimum Gasteiger partial charge on any atom is -0.381 e. The Morgan fingerprint density at radius 1 is 1.27 bits per heavy atom. The Labute approximate surface area is 192 Å². The van der Waals surface area contributed by atoms with E-state index in [0.29, 0.717) is 29.0 Å². The zero-order chi connectivity index (χ0) is 22.9. The Morgan fingerprint density at radius 2 is 2.06 bits per heavy atom. The molecule has 1 amide bonds. The zero-order valence-corrected chi connectivity index (χ0v) is 19.1. The highest BCUT2D eigenvalue weighted by atomic mass is 16.2. The van der Waals surface area contributed by atoms with Crippen LogP contribution in [0.15, 0.2) is 35.7 Å². The number of nitrogens with two attached hydrogens (primary N) is 1. The summed E-state index contributed by atoms with van der Waals surface area (Å²) in [5.74, 6) is 1.30. The number of aromatic nitrogens is 4. The third-order valence-electron chi connectivity index (χ3n) is 7.46. The summed E-state index contributed by atoms with van der Waals surface area (Å²) < 4.78 is 1.54. The predicted molar refractivity (Wildman–Crippen MR) is 127 cm³/mol. The van der Waals surface area contributed by atoms with Gasteiger partial charge in [-0.3, -0.25) is 9.79 Å². The van der Waals surface area contributed by atoms with Gasteiger partial charge in [-0.05, 0) is 60.9 Å². The molecule has 1 aromatic carbocycles. The number of aryl methyl sites for hydroxylation is 1. The number of nitrogens with zero attached hydrogens (tertiary/aromatic N) is 6. The number of rotatable bonds is 4. The number of amides is 1. The van der Waals surface area contributed by atoms with Crippen LogP contribution in [-0.2, 0) is 5.41 Å². The fourth-order valence-corrected chi connectivity index (χ4v) is 5.26. The van der Waals surface area contributed by atoms with Crippen LogP contribution >= 0.6 is 0 Å². The molecule has 2 saturated carbocycles. The molecule has 1 spiro atoms. The summed E-state index contributed by atoms with van der Waals surface area (Å²) in [6.45, 7) is 5.35. The summed E-state index contributed by atoms with van der Waals surface area (Å²) in [6.07, 6.45) is 10.2. The molecular weight excluding hydrogens is 414 g/mol. The Hall–Kier alpha value is -3.55. The van der Waals surface area contributed by atoms with Crippen LogP contribution in [0, 0.1) is 12.8 Å². The lowest BCUT2D eigenvalue weighted by Crippen LogP contribution is -2.28. The number of aliphatic imine (C=N–C) groups is 1. The summed E-state index contributed by atoms with van der Waals surface area (Å²) in [5.41, 5.74) is 12.4. The molecule has 2 atom stereocenters. The van der Waals surface area contributed by atoms with Gasteiger partial charge in [0.05, 0.1) is 23.7 Å². The van der Waals surface area contributed by atoms with E-state index in [1.165, 1.54) is 22.2 Å². The van der Waals surface area contributed by atoms with Crippen LogP contribution in [0.3, 0.4) is 0 Å². The maximum atomic E-state index is 12.7. The standard InChI is InChI=1S/C25H27N7O/c1-14-6-16(7-17-9-27-13-25(21(14)17)8-15(25)2)20-11-28-22(26)23(30-20)32-12-18(10-29-32)24(33)31(3)19-4-5-19/h6-7,9-12,15,19H,4-5,8,13H2,1-3H3,(H2,26,28). The number of hydrogen-bond acceptors (Lipinski definition) is 6. The van der Waals surface area contributed by atoms with Gasteiger partial charge >= 0.3 is 0 Å². The second-order valence-electron chi connectivity index (χ2n) is 9.77. The Bertz CT molecular complexity index is 1320. The quantitative estimate of drug-likeness (QED) is 0.670. The highest BCUT2D eigenvalue weighted by molar-refractivity contribution is 5.94. The average molecular weight is 442 g/mol. The second-order valence-corrected chi connectivity index (χ2v) is 9.77. The minimum atomic E-state index is -0.0423. The lowest BCUT2D eigenvalue weighted by atomic mass is 9.83. The molecular formula is C25H27N7O. The maximum absolute atomic E-state index is 12.7. The molecule has 2 aromatic heterocycles. The number of benzene rings is 1. The Balaban J connectivity index is 1.36. The van der Waals surface area contributed by atoms with E-state index < -0.39 is 0 Å². The SMILES string of the molecule is Cc1cc(-c2cnc(N)c(-n3cc(C(=O)N(C)C4CC4)cn3)n2)cc2c1C1(CN=C2)CC1C. The highest BCUT2D eigenvalue weighted by Crippen LogP contribution is 2.57. The number of carbonyl (C=O) groups is 1. The molecule has 8 nitrogen and oxygen atoms in total. The number of nitrogen functional groups attached to an aromatic ring is 1. The molecule has 2 N–H and O–H groups in total. The van der Waals surface area contributed by atoms with Gasteiger partial charge in [0.25, 0.3) is 5.91 Å². The van der Waals surface area contributed by atoms with E-state index in [9.17, 15) is 4.79 Å². The van der Waals surface area contributed by atoms with Crippen LogP contribution in [0.5, 0.6) is 0 Å². The first-order chi connectivity index (χ1) is 15.9. The van der Waals surface area contributed by atoms with Crippen molar-refractivity contribution in [1.82, 2.24) is 24.6 Å². The van der Waals surface area contributed by atoms with Gasteiger partial charge in [0.2, 0.25) is 0 Å². The monoisotopic (exact) mass is 441 g/mol. The molecule has 2 aliphatic carbocycles. The zero-order valence-electron chi connectivity index (χ0n) is 19.1. The van der Waals surface area contributed by atoms with Crippen LogP contribution in [0.1, 0.15) is 53.2 Å². The van der Waals surface area contributed by atoms with E-state index >= 15 is 0 Å². The molecule has 2 fully saturated rings. The van der Waals surface area contributed by atoms with Gasteiger partial charge in [-0.25, -0.2) is 14.6 Å². The van der Waals surface area contributed by atoms with Gasteiger partial charge in [-0.1, -0.05) is 6.92 Å². The Kier molecular flexibility index (Phi) is 4.24. The molecule has 2 unspecified atom stereocenters. The fraction of sp³-hybridized carbons (Fsp3) is 0.400. The largest absolute Gasteiger partial charge is 0.381 e. The third kappa shape index (κ3) is 3.15. The van der Waals surface area contributed by atoms with Crippen molar-refractivity contribution in [2.24, 2.45) is 10.9 Å². The Morgan fingerprint density at radius 3 is 2.79 bits per heavy atom. The first kappa shape index (κ1) is 20.1. The van der Waals surface area contributed by atoms with Crippen LogP contribution in [0.4, 0.5) is 5.82 Å². The molecule has 6 rings (SSSR count). The molecule has 0 saturated heterocycles. The predicted octanol–water partition coefficient (Wildman–Crippen LogP) is 3.16. The number of hydrogen-bond donors (Lipinski definition) is 1. The molecule has 0 radical (unpaired) electrons. The van der Waals surface area contributed by atoms with Gasteiger partial charge in [-0.2, -0.15) is 5.10 Å². The van der Waals surface area contributed by atoms with Gasteiger partial charge in [-0.15, -0.1) is 0 Å². The van der Waals surface area contributed by atoms with Gasteiger partial charge in [0, 0.05) is 43.0 Å². The van der Waals surface area contributed by atoms with Crippen molar-refractivity contribution in [1.29, 1.82) is 0 Å². The van der Waals surface area contributed by atoms with E-state index in [-0.39, 0.29) is 17.1 Å². The number of fused-ring (bicyclic) bond motifs is 2. The van der Waals surface area contributed by atoms with E-state index in [2.05, 4.69) is 41.1 Å². The van der Waals surface area contributed by atoms with Crippen molar-refractivity contribution in [2.75, 3.05) is 19.3 Å². The smallest absolute Gasteiger partial charge is 0.257 e. The summed E-state index contributed by atoms with van der Waals surface area (Å²) in [6, 6.07) is 4.66. The molecule has 0 bridgehead atoms. The lowest BCUT2D eigenvalue weighted by Gasteiger charge is -2.25. The van der Waals surface area contributed by atoms with Crippen LogP contribution in [0.2, 0.25) is 0 Å². The lowest BCUT2D eigenvalue weighted by molar-refractivity contribution is 0.0785. The van der Waals surface area contributed by atoms with E-state index in [1.54, 1.807) is 23.5 Å². The summed E-state index contributed by atoms with van der Waals surface area (Å²) in [4.78, 5) is 28.3. The normalized spacial score (nSPS) is 22.9. The second kappa shape index (κ2) is 6.97. The van der Waals surface area contributed by atoms with Crippen molar-refractivity contribution < 1.29 is 4.79 Å². The van der Waals surface area contributed by atoms with Crippen molar-refractivity contribution in [3.8, 4) is 17.1 Å². The fourth-order valence-electron chi connectivity index (χ4n) is 5.26. The average Bonchev–Trinajstić information content (AvgIpc) is 3.70. The van der Waals surface area contributed by atoms with E-state index in [1.807, 2.05) is 13.3 Å². The third-order valence-corrected chi connectivity index (χ3v) is 7.46. The van der Waals surface area contributed by atoms with E-state index in [4.69, 9.17) is 10.7 Å². The topological polar surface area (TPSA) is 102 Å². The number of anilines is 1.